The summed E-state index contributed by atoms with van der Waals surface area (Å²) in [5.74, 6) is 2.23. The fourth-order valence-electron chi connectivity index (χ4n) is 3.85. The average Bonchev–Trinajstić information content (AvgIpc) is 3.21. The Morgan fingerprint density at radius 3 is 2.14 bits per heavy atom. The van der Waals surface area contributed by atoms with Crippen molar-refractivity contribution in [2.75, 3.05) is 28.4 Å². The molecule has 4 rings (SSSR count). The Labute approximate surface area is 209 Å². The van der Waals surface area contributed by atoms with Crippen LogP contribution in [0.4, 0.5) is 0 Å². The van der Waals surface area contributed by atoms with E-state index in [1.807, 2.05) is 0 Å². The summed E-state index contributed by atoms with van der Waals surface area (Å²) in [6, 6.07) is 13.7. The van der Waals surface area contributed by atoms with E-state index in [2.05, 4.69) is 0 Å². The molecule has 0 saturated heterocycles. The van der Waals surface area contributed by atoms with Crippen molar-refractivity contribution in [3.8, 4) is 34.5 Å². The minimum Gasteiger partial charge on any atom is -0.497 e. The predicted octanol–water partition coefficient (Wildman–Crippen LogP) is 4.79. The second-order valence-corrected chi connectivity index (χ2v) is 7.95. The van der Waals surface area contributed by atoms with E-state index in [0.717, 1.165) is 5.56 Å². The number of ketones is 1. The van der Waals surface area contributed by atoms with Crippen molar-refractivity contribution in [1.82, 2.24) is 0 Å². The van der Waals surface area contributed by atoms with Gasteiger partial charge in [-0.1, -0.05) is 12.1 Å². The molecule has 0 fully saturated rings. The third-order valence-corrected chi connectivity index (χ3v) is 5.79. The lowest BCUT2D eigenvalue weighted by molar-refractivity contribution is -0.133. The number of fused-ring (bicyclic) bond motifs is 1. The van der Waals surface area contributed by atoms with E-state index in [0.29, 0.717) is 51.2 Å². The summed E-state index contributed by atoms with van der Waals surface area (Å²) in [7, 11) is 6.15. The lowest BCUT2D eigenvalue weighted by atomic mass is 10.1. The Kier molecular flexibility index (Phi) is 7.15. The molecular formula is C28H26O8. The van der Waals surface area contributed by atoms with E-state index < -0.39 is 5.97 Å². The Hall–Kier alpha value is -4.46. The van der Waals surface area contributed by atoms with Crippen LogP contribution in [-0.4, -0.2) is 40.2 Å². The summed E-state index contributed by atoms with van der Waals surface area (Å²) >= 11 is 0. The number of allylic oxidation sites excluding steroid dienone is 1. The predicted molar refractivity (Wildman–Crippen MR) is 133 cm³/mol. The molecule has 1 aliphatic rings. The van der Waals surface area contributed by atoms with Crippen molar-refractivity contribution in [3.05, 3.63) is 76.5 Å². The smallest absolute Gasteiger partial charge is 0.315 e. The van der Waals surface area contributed by atoms with Crippen molar-refractivity contribution >= 4 is 17.8 Å². The van der Waals surface area contributed by atoms with Crippen LogP contribution in [0, 0.1) is 6.92 Å². The summed E-state index contributed by atoms with van der Waals surface area (Å²) in [5.41, 5.74) is 2.30. The number of ether oxygens (including phenoxy) is 6. The quantitative estimate of drug-likeness (QED) is 0.253. The molecule has 8 nitrogen and oxygen atoms in total. The first-order chi connectivity index (χ1) is 17.4. The maximum atomic E-state index is 13.0. The average molecular weight is 491 g/mol. The lowest BCUT2D eigenvalue weighted by Crippen LogP contribution is -2.12. The second kappa shape index (κ2) is 10.4. The van der Waals surface area contributed by atoms with Gasteiger partial charge in [-0.3, -0.25) is 9.59 Å². The molecule has 0 amide bonds. The van der Waals surface area contributed by atoms with Gasteiger partial charge in [-0.25, -0.2) is 0 Å². The summed E-state index contributed by atoms with van der Waals surface area (Å²) in [5, 5.41) is 0. The van der Waals surface area contributed by atoms with Crippen LogP contribution in [0.15, 0.2) is 54.3 Å². The maximum absolute atomic E-state index is 13.0. The summed E-state index contributed by atoms with van der Waals surface area (Å²) in [6.45, 7) is 1.74. The highest BCUT2D eigenvalue weighted by Crippen LogP contribution is 2.41. The molecule has 1 aliphatic heterocycles. The van der Waals surface area contributed by atoms with E-state index >= 15 is 0 Å². The number of methoxy groups -OCH3 is 4. The number of Topliss-reactive ketones (excluding diaryl/α,β-unsaturated/α-hetero) is 1. The molecule has 0 aromatic heterocycles. The Morgan fingerprint density at radius 1 is 0.833 bits per heavy atom. The van der Waals surface area contributed by atoms with Crippen LogP contribution < -0.4 is 28.4 Å². The van der Waals surface area contributed by atoms with E-state index in [1.54, 1.807) is 68.6 Å². The van der Waals surface area contributed by atoms with Gasteiger partial charge in [0.15, 0.2) is 17.3 Å². The normalized spacial score (nSPS) is 13.1. The van der Waals surface area contributed by atoms with Gasteiger partial charge in [0.05, 0.1) is 40.4 Å². The van der Waals surface area contributed by atoms with E-state index in [4.69, 9.17) is 28.4 Å². The van der Waals surface area contributed by atoms with Gasteiger partial charge in [0.25, 0.3) is 0 Å². The Bertz CT molecular complexity index is 1340. The molecule has 0 N–H and O–H groups in total. The van der Waals surface area contributed by atoms with Gasteiger partial charge in [-0.05, 0) is 48.9 Å². The summed E-state index contributed by atoms with van der Waals surface area (Å²) in [6.07, 6.45) is 1.67. The van der Waals surface area contributed by atoms with Gasteiger partial charge in [0.2, 0.25) is 5.78 Å². The molecule has 1 heterocycles. The largest absolute Gasteiger partial charge is 0.497 e. The highest BCUT2D eigenvalue weighted by molar-refractivity contribution is 6.15. The van der Waals surface area contributed by atoms with Crippen LogP contribution in [0.1, 0.15) is 27.0 Å². The van der Waals surface area contributed by atoms with Crippen LogP contribution in [0.3, 0.4) is 0 Å². The number of carbonyl (C=O) groups is 2. The van der Waals surface area contributed by atoms with E-state index in [-0.39, 0.29) is 18.0 Å². The first-order valence-corrected chi connectivity index (χ1v) is 11.1. The summed E-state index contributed by atoms with van der Waals surface area (Å²) < 4.78 is 32.8. The lowest BCUT2D eigenvalue weighted by Gasteiger charge is -2.12. The minimum atomic E-state index is -0.432. The first kappa shape index (κ1) is 24.7. The van der Waals surface area contributed by atoms with Crippen LogP contribution in [0.25, 0.3) is 6.08 Å². The second-order valence-electron chi connectivity index (χ2n) is 7.95. The molecule has 36 heavy (non-hydrogen) atoms. The zero-order valence-corrected chi connectivity index (χ0v) is 20.7. The Morgan fingerprint density at radius 2 is 1.50 bits per heavy atom. The van der Waals surface area contributed by atoms with Gasteiger partial charge in [-0.15, -0.1) is 0 Å². The van der Waals surface area contributed by atoms with Crippen molar-refractivity contribution in [1.29, 1.82) is 0 Å². The SMILES string of the molecule is COc1ccc(CC(=O)Oc2ccc3c(c2C)O/C(=C\c2cc(OC)c(OC)cc2OC)C3=O)cc1. The summed E-state index contributed by atoms with van der Waals surface area (Å²) in [4.78, 5) is 25.6. The van der Waals surface area contributed by atoms with Crippen molar-refractivity contribution in [2.45, 2.75) is 13.3 Å². The monoisotopic (exact) mass is 490 g/mol. The molecule has 8 heteroatoms. The van der Waals surface area contributed by atoms with Crippen molar-refractivity contribution in [3.63, 3.8) is 0 Å². The highest BCUT2D eigenvalue weighted by Gasteiger charge is 2.31. The van der Waals surface area contributed by atoms with Crippen LogP contribution in [-0.2, 0) is 11.2 Å². The maximum Gasteiger partial charge on any atom is 0.315 e. The molecule has 3 aromatic carbocycles. The Balaban J connectivity index is 1.57. The standard InChI is InChI=1S/C28H26O8/c1-16-21(35-26(29)12-17-6-8-19(31-2)9-7-17)11-10-20-27(30)25(36-28(16)20)14-18-13-23(33-4)24(34-5)15-22(18)32-3/h6-11,13-15H,12H2,1-5H3/b25-14-. The van der Waals surface area contributed by atoms with Crippen molar-refractivity contribution < 1.29 is 38.0 Å². The zero-order chi connectivity index (χ0) is 25.8. The number of benzene rings is 3. The van der Waals surface area contributed by atoms with Gasteiger partial charge in [0.1, 0.15) is 23.0 Å². The molecule has 0 spiro atoms. The van der Waals surface area contributed by atoms with Crippen molar-refractivity contribution in [2.24, 2.45) is 0 Å². The number of carbonyl (C=O) groups excluding carboxylic acids is 2. The number of hydrogen-bond donors (Lipinski definition) is 0. The molecule has 0 saturated carbocycles. The molecule has 0 radical (unpaired) electrons. The first-order valence-electron chi connectivity index (χ1n) is 11.1. The van der Waals surface area contributed by atoms with Gasteiger partial charge < -0.3 is 28.4 Å². The van der Waals surface area contributed by atoms with Crippen LogP contribution >= 0.6 is 0 Å². The zero-order valence-electron chi connectivity index (χ0n) is 20.7. The number of rotatable bonds is 8. The molecule has 0 bridgehead atoms. The third kappa shape index (κ3) is 4.84. The molecule has 3 aromatic rings. The van der Waals surface area contributed by atoms with Gasteiger partial charge in [0, 0.05) is 17.2 Å². The van der Waals surface area contributed by atoms with E-state index in [9.17, 15) is 9.59 Å². The van der Waals surface area contributed by atoms with Crippen LogP contribution in [0.5, 0.6) is 34.5 Å². The fourth-order valence-corrected chi connectivity index (χ4v) is 3.85. The van der Waals surface area contributed by atoms with Gasteiger partial charge in [-0.2, -0.15) is 0 Å². The third-order valence-electron chi connectivity index (χ3n) is 5.79. The number of hydrogen-bond acceptors (Lipinski definition) is 8. The topological polar surface area (TPSA) is 89.5 Å². The molecule has 0 aliphatic carbocycles. The minimum absolute atomic E-state index is 0.0879. The van der Waals surface area contributed by atoms with E-state index in [1.165, 1.54) is 21.3 Å². The molecule has 0 unspecified atom stereocenters. The highest BCUT2D eigenvalue weighted by atomic mass is 16.5. The fraction of sp³-hybridized carbons (Fsp3) is 0.214. The van der Waals surface area contributed by atoms with Crippen LogP contribution in [0.2, 0.25) is 0 Å². The number of esters is 1. The molecule has 186 valence electrons. The molecule has 0 atom stereocenters. The molecular weight excluding hydrogens is 464 g/mol. The van der Waals surface area contributed by atoms with Gasteiger partial charge >= 0.3 is 5.97 Å².